The molecule has 2 aromatic rings. The second-order valence-electron chi connectivity index (χ2n) is 6.10. The maximum atomic E-state index is 11.8. The Balaban J connectivity index is 1.67. The summed E-state index contributed by atoms with van der Waals surface area (Å²) in [6.07, 6.45) is -2.32. The molecule has 0 aromatic carbocycles. The zero-order valence-corrected chi connectivity index (χ0v) is 17.7. The number of H-pyrrole nitrogens is 1. The summed E-state index contributed by atoms with van der Waals surface area (Å²) in [7, 11) is -16.6. The SMILES string of the molecule is Nc1[nH]c(=O)nc2c1ncn2[C@H]1CC(O)[C@@H](COP(=O)(O)OP(=O)(O)OP(=O)(O)O)O1. The van der Waals surface area contributed by atoms with E-state index in [2.05, 4.69) is 28.1 Å². The van der Waals surface area contributed by atoms with Crippen molar-refractivity contribution in [3.05, 3.63) is 16.8 Å². The molecule has 0 saturated carbocycles. The molecule has 21 heteroatoms. The van der Waals surface area contributed by atoms with Gasteiger partial charge in [-0.1, -0.05) is 0 Å². The van der Waals surface area contributed by atoms with Crippen LogP contribution in [0.25, 0.3) is 11.2 Å². The number of fused-ring (bicyclic) bond motifs is 1. The van der Waals surface area contributed by atoms with E-state index >= 15 is 0 Å². The van der Waals surface area contributed by atoms with Gasteiger partial charge < -0.3 is 35.2 Å². The molecule has 0 spiro atoms. The summed E-state index contributed by atoms with van der Waals surface area (Å²) in [5, 5.41) is 10.1. The van der Waals surface area contributed by atoms with E-state index < -0.39 is 54.2 Å². The third kappa shape index (κ3) is 6.04. The number of anilines is 1. The Morgan fingerprint density at radius 2 is 1.90 bits per heavy atom. The molecule has 0 radical (unpaired) electrons. The van der Waals surface area contributed by atoms with Crippen molar-refractivity contribution in [1.82, 2.24) is 19.5 Å². The molecule has 18 nitrogen and oxygen atoms in total. The molecule has 3 heterocycles. The van der Waals surface area contributed by atoms with Gasteiger partial charge >= 0.3 is 29.2 Å². The number of aromatic nitrogens is 4. The molecule has 1 saturated heterocycles. The van der Waals surface area contributed by atoms with E-state index in [4.69, 9.17) is 25.2 Å². The van der Waals surface area contributed by atoms with Crippen molar-refractivity contribution in [3.63, 3.8) is 0 Å². The zero-order valence-electron chi connectivity index (χ0n) is 15.0. The van der Waals surface area contributed by atoms with Crippen molar-refractivity contribution >= 4 is 40.4 Å². The maximum Gasteiger partial charge on any atom is 0.490 e. The molecule has 1 aliphatic heterocycles. The van der Waals surface area contributed by atoms with Gasteiger partial charge in [-0.3, -0.25) is 14.1 Å². The van der Waals surface area contributed by atoms with Crippen LogP contribution in [0.15, 0.2) is 11.1 Å². The Hall–Kier alpha value is -1.52. The first-order chi connectivity index (χ1) is 14.2. The molecule has 2 aromatic heterocycles. The number of aliphatic hydroxyl groups is 1. The van der Waals surface area contributed by atoms with Crippen molar-refractivity contribution in [3.8, 4) is 0 Å². The number of imidazole rings is 1. The van der Waals surface area contributed by atoms with E-state index in [-0.39, 0.29) is 23.4 Å². The summed E-state index contributed by atoms with van der Waals surface area (Å²) in [5.74, 6) is -0.0449. The van der Waals surface area contributed by atoms with Crippen LogP contribution >= 0.6 is 23.5 Å². The Labute approximate surface area is 171 Å². The first-order valence-corrected chi connectivity index (χ1v) is 12.5. The van der Waals surface area contributed by atoms with Crippen LogP contribution in [-0.2, 0) is 31.6 Å². The number of hydrogen-bond acceptors (Lipinski definition) is 12. The molecule has 0 amide bonds. The van der Waals surface area contributed by atoms with E-state index in [0.29, 0.717) is 0 Å². The van der Waals surface area contributed by atoms with Gasteiger partial charge in [0.05, 0.1) is 19.0 Å². The summed E-state index contributed by atoms with van der Waals surface area (Å²) >= 11 is 0. The Bertz CT molecular complexity index is 1170. The number of rotatable bonds is 8. The van der Waals surface area contributed by atoms with Crippen LogP contribution in [0.3, 0.4) is 0 Å². The summed E-state index contributed by atoms with van der Waals surface area (Å²) in [6, 6.07) is 0. The zero-order chi connectivity index (χ0) is 23.2. The van der Waals surface area contributed by atoms with Crippen LogP contribution in [0, 0.1) is 0 Å². The number of nitrogens with one attached hydrogen (secondary N) is 1. The molecule has 8 N–H and O–H groups in total. The van der Waals surface area contributed by atoms with E-state index in [0.717, 1.165) is 0 Å². The number of hydrogen-bond donors (Lipinski definition) is 7. The van der Waals surface area contributed by atoms with Crippen LogP contribution in [-0.4, -0.2) is 63.0 Å². The highest BCUT2D eigenvalue weighted by atomic mass is 31.3. The smallest absolute Gasteiger partial charge is 0.390 e. The van der Waals surface area contributed by atoms with Crippen molar-refractivity contribution in [2.45, 2.75) is 24.9 Å². The number of ether oxygens (including phenoxy) is 1. The average molecular weight is 507 g/mol. The van der Waals surface area contributed by atoms with Gasteiger partial charge in [0, 0.05) is 6.42 Å². The van der Waals surface area contributed by atoms with Gasteiger partial charge in [0.1, 0.15) is 23.7 Å². The van der Waals surface area contributed by atoms with Crippen LogP contribution in [0.2, 0.25) is 0 Å². The molecule has 1 aliphatic rings. The summed E-state index contributed by atoms with van der Waals surface area (Å²) in [4.78, 5) is 57.1. The lowest BCUT2D eigenvalue weighted by Gasteiger charge is -2.19. The second kappa shape index (κ2) is 8.44. The van der Waals surface area contributed by atoms with Gasteiger partial charge in [-0.15, -0.1) is 0 Å². The monoisotopic (exact) mass is 507 g/mol. The lowest BCUT2D eigenvalue weighted by atomic mass is 10.2. The van der Waals surface area contributed by atoms with Crippen LogP contribution in [0.4, 0.5) is 5.82 Å². The number of nitrogens with zero attached hydrogens (tertiary/aromatic N) is 3. The molecule has 3 unspecified atom stereocenters. The molecule has 1 fully saturated rings. The molecule has 3 rings (SSSR count). The standard InChI is InChI=1S/C10H16N5O13P3/c11-8-7-9(14-10(17)13-8)15(3-12-7)6-1-4(16)5(26-6)2-25-30(21,22)28-31(23,24)27-29(18,19)20/h3-6,16H,1-2H2,(H,21,22)(H,23,24)(H2,18,19,20)(H3,11,13,14,17)/t4?,5-,6-/m1/s1. The van der Waals surface area contributed by atoms with Crippen LogP contribution < -0.4 is 11.4 Å². The van der Waals surface area contributed by atoms with Crippen molar-refractivity contribution in [1.29, 1.82) is 0 Å². The van der Waals surface area contributed by atoms with E-state index in [1.807, 2.05) is 0 Å². The van der Waals surface area contributed by atoms with E-state index in [1.54, 1.807) is 0 Å². The van der Waals surface area contributed by atoms with Crippen molar-refractivity contribution in [2.24, 2.45) is 0 Å². The van der Waals surface area contributed by atoms with Crippen molar-refractivity contribution < 1.29 is 56.3 Å². The number of nitrogen functional groups attached to an aromatic ring is 1. The minimum absolute atomic E-state index is 0.0449. The molecule has 174 valence electrons. The first kappa shape index (κ1) is 24.1. The van der Waals surface area contributed by atoms with E-state index in [9.17, 15) is 28.5 Å². The normalized spacial score (nSPS) is 26.0. The fraction of sp³-hybridized carbons (Fsp3) is 0.500. The van der Waals surface area contributed by atoms with Gasteiger partial charge in [0.2, 0.25) is 0 Å². The van der Waals surface area contributed by atoms with E-state index in [1.165, 1.54) is 10.9 Å². The molecular weight excluding hydrogens is 491 g/mol. The highest BCUT2D eigenvalue weighted by Gasteiger charge is 2.43. The lowest BCUT2D eigenvalue weighted by molar-refractivity contribution is -0.0423. The van der Waals surface area contributed by atoms with Crippen LogP contribution in [0.1, 0.15) is 12.6 Å². The third-order valence-electron chi connectivity index (χ3n) is 3.80. The largest absolute Gasteiger partial charge is 0.490 e. The topological polar surface area (TPSA) is 279 Å². The highest BCUT2D eigenvalue weighted by molar-refractivity contribution is 7.66. The average Bonchev–Trinajstić information content (AvgIpc) is 3.13. The van der Waals surface area contributed by atoms with Gasteiger partial charge in [-0.2, -0.15) is 13.6 Å². The number of nitrogens with two attached hydrogens (primary N) is 1. The molecule has 0 aliphatic carbocycles. The molecule has 5 atom stereocenters. The molecular formula is C10H16N5O13P3. The predicted molar refractivity (Wildman–Crippen MR) is 96.9 cm³/mol. The number of aliphatic hydroxyl groups excluding tert-OH is 1. The summed E-state index contributed by atoms with van der Waals surface area (Å²) < 4.78 is 52.1. The fourth-order valence-corrected chi connectivity index (χ4v) is 5.70. The van der Waals surface area contributed by atoms with Gasteiger partial charge in [-0.25, -0.2) is 23.5 Å². The van der Waals surface area contributed by atoms with Crippen molar-refractivity contribution in [2.75, 3.05) is 12.3 Å². The maximum absolute atomic E-state index is 11.8. The first-order valence-electron chi connectivity index (χ1n) is 8.00. The fourth-order valence-electron chi connectivity index (χ4n) is 2.67. The summed E-state index contributed by atoms with van der Waals surface area (Å²) in [5.41, 5.74) is 5.11. The number of phosphoric ester groups is 1. The Morgan fingerprint density at radius 1 is 1.23 bits per heavy atom. The quantitative estimate of drug-likeness (QED) is 0.204. The highest BCUT2D eigenvalue weighted by Crippen LogP contribution is 2.66. The van der Waals surface area contributed by atoms with Crippen LogP contribution in [0.5, 0.6) is 0 Å². The Morgan fingerprint density at radius 3 is 2.55 bits per heavy atom. The lowest BCUT2D eigenvalue weighted by Crippen LogP contribution is -2.26. The number of phosphoric acid groups is 3. The number of aromatic amines is 1. The van der Waals surface area contributed by atoms with Gasteiger partial charge in [0.15, 0.2) is 5.65 Å². The Kier molecular flexibility index (Phi) is 6.57. The minimum atomic E-state index is -5.67. The molecule has 31 heavy (non-hydrogen) atoms. The minimum Gasteiger partial charge on any atom is -0.390 e. The van der Waals surface area contributed by atoms with Gasteiger partial charge in [-0.05, 0) is 0 Å². The summed E-state index contributed by atoms with van der Waals surface area (Å²) in [6.45, 7) is -0.843. The molecule has 0 bridgehead atoms. The third-order valence-corrected chi connectivity index (χ3v) is 7.61. The predicted octanol–water partition coefficient (Wildman–Crippen LogP) is -1.31. The van der Waals surface area contributed by atoms with Gasteiger partial charge in [0.25, 0.3) is 0 Å². The second-order valence-corrected chi connectivity index (χ2v) is 10.5.